The van der Waals surface area contributed by atoms with Crippen LogP contribution in [-0.4, -0.2) is 25.3 Å². The highest BCUT2D eigenvalue weighted by molar-refractivity contribution is 5.39. The number of likely N-dealkylation sites (N-methyl/N-ethyl adjacent to an activating group) is 1. The summed E-state index contributed by atoms with van der Waals surface area (Å²) in [5.41, 5.74) is 2.08. The lowest BCUT2D eigenvalue weighted by Gasteiger charge is -2.16. The fraction of sp³-hybridized carbons (Fsp3) is 0.538. The van der Waals surface area contributed by atoms with Crippen molar-refractivity contribution in [2.24, 2.45) is 0 Å². The average Bonchev–Trinajstić information content (AvgIpc) is 2.35. The molecule has 0 aromatic heterocycles. The average molecular weight is 223 g/mol. The second-order valence-electron chi connectivity index (χ2n) is 3.75. The number of aryl methyl sites for hydroxylation is 1. The Morgan fingerprint density at radius 2 is 2.12 bits per heavy atom. The predicted molar refractivity (Wildman–Crippen MR) is 65.9 cm³/mol. The number of methoxy groups -OCH3 is 1. The molecule has 0 aliphatic carbocycles. The SMILES string of the molecule is CCNCC(O)c1cc(CC)ccc1OC. The third kappa shape index (κ3) is 3.22. The normalized spacial score (nSPS) is 12.5. The van der Waals surface area contributed by atoms with E-state index in [-0.39, 0.29) is 0 Å². The first-order chi connectivity index (χ1) is 7.72. The Bertz CT molecular complexity index is 326. The first-order valence-electron chi connectivity index (χ1n) is 5.78. The second-order valence-corrected chi connectivity index (χ2v) is 3.75. The standard InChI is InChI=1S/C13H21NO2/c1-4-10-6-7-13(16-3)11(8-10)12(15)9-14-5-2/h6-8,12,14-15H,4-5,9H2,1-3H3. The third-order valence-electron chi connectivity index (χ3n) is 2.65. The van der Waals surface area contributed by atoms with Crippen molar-refractivity contribution in [3.05, 3.63) is 29.3 Å². The highest BCUT2D eigenvalue weighted by Crippen LogP contribution is 2.26. The van der Waals surface area contributed by atoms with Crippen molar-refractivity contribution in [1.29, 1.82) is 0 Å². The lowest BCUT2D eigenvalue weighted by molar-refractivity contribution is 0.171. The van der Waals surface area contributed by atoms with Crippen LogP contribution < -0.4 is 10.1 Å². The maximum atomic E-state index is 10.0. The highest BCUT2D eigenvalue weighted by atomic mass is 16.5. The summed E-state index contributed by atoms with van der Waals surface area (Å²) in [4.78, 5) is 0. The Labute approximate surface area is 97.4 Å². The summed E-state index contributed by atoms with van der Waals surface area (Å²) in [6, 6.07) is 5.96. The molecule has 0 aliphatic rings. The number of aliphatic hydroxyl groups excluding tert-OH is 1. The van der Waals surface area contributed by atoms with Crippen molar-refractivity contribution in [2.75, 3.05) is 20.2 Å². The minimum absolute atomic E-state index is 0.513. The molecule has 3 heteroatoms. The molecular formula is C13H21NO2. The lowest BCUT2D eigenvalue weighted by atomic mass is 10.0. The van der Waals surface area contributed by atoms with Gasteiger partial charge in [0, 0.05) is 12.1 Å². The van der Waals surface area contributed by atoms with Crippen LogP contribution in [0.25, 0.3) is 0 Å². The van der Waals surface area contributed by atoms with E-state index in [1.54, 1.807) is 7.11 Å². The van der Waals surface area contributed by atoms with Gasteiger partial charge in [-0.25, -0.2) is 0 Å². The Morgan fingerprint density at radius 1 is 1.38 bits per heavy atom. The van der Waals surface area contributed by atoms with Gasteiger partial charge in [0.05, 0.1) is 13.2 Å². The van der Waals surface area contributed by atoms with E-state index >= 15 is 0 Å². The van der Waals surface area contributed by atoms with E-state index in [4.69, 9.17) is 4.74 Å². The number of benzene rings is 1. The van der Waals surface area contributed by atoms with Crippen molar-refractivity contribution < 1.29 is 9.84 Å². The highest BCUT2D eigenvalue weighted by Gasteiger charge is 2.13. The molecule has 0 saturated carbocycles. The first kappa shape index (κ1) is 13.0. The molecule has 2 N–H and O–H groups in total. The van der Waals surface area contributed by atoms with Crippen LogP contribution >= 0.6 is 0 Å². The predicted octanol–water partition coefficient (Wildman–Crippen LogP) is 1.90. The Balaban J connectivity index is 2.89. The molecule has 1 atom stereocenters. The zero-order valence-corrected chi connectivity index (χ0v) is 10.3. The summed E-state index contributed by atoms with van der Waals surface area (Å²) in [7, 11) is 1.63. The van der Waals surface area contributed by atoms with Crippen molar-refractivity contribution in [3.63, 3.8) is 0 Å². The van der Waals surface area contributed by atoms with E-state index in [0.717, 1.165) is 24.3 Å². The number of ether oxygens (including phenoxy) is 1. The maximum absolute atomic E-state index is 10.0. The van der Waals surface area contributed by atoms with E-state index in [2.05, 4.69) is 12.2 Å². The molecule has 3 nitrogen and oxygen atoms in total. The van der Waals surface area contributed by atoms with E-state index < -0.39 is 6.10 Å². The maximum Gasteiger partial charge on any atom is 0.124 e. The quantitative estimate of drug-likeness (QED) is 0.774. The van der Waals surface area contributed by atoms with Gasteiger partial charge in [0.2, 0.25) is 0 Å². The molecule has 0 bridgehead atoms. The van der Waals surface area contributed by atoms with Gasteiger partial charge in [-0.05, 0) is 30.7 Å². The van der Waals surface area contributed by atoms with Crippen LogP contribution in [0.15, 0.2) is 18.2 Å². The Kier molecular flexibility index (Phi) is 5.29. The van der Waals surface area contributed by atoms with Crippen LogP contribution in [0.4, 0.5) is 0 Å². The Morgan fingerprint density at radius 3 is 2.69 bits per heavy atom. The van der Waals surface area contributed by atoms with E-state index in [1.807, 2.05) is 25.1 Å². The summed E-state index contributed by atoms with van der Waals surface area (Å²) < 4.78 is 5.26. The van der Waals surface area contributed by atoms with Gasteiger partial charge in [-0.1, -0.05) is 19.9 Å². The fourth-order valence-corrected chi connectivity index (χ4v) is 1.66. The van der Waals surface area contributed by atoms with Crippen LogP contribution in [0.1, 0.15) is 31.1 Å². The molecule has 0 radical (unpaired) electrons. The number of rotatable bonds is 6. The molecule has 16 heavy (non-hydrogen) atoms. The molecular weight excluding hydrogens is 202 g/mol. The zero-order chi connectivity index (χ0) is 12.0. The van der Waals surface area contributed by atoms with Gasteiger partial charge in [0.1, 0.15) is 5.75 Å². The van der Waals surface area contributed by atoms with E-state index in [0.29, 0.717) is 6.54 Å². The zero-order valence-electron chi connectivity index (χ0n) is 10.3. The number of hydrogen-bond donors (Lipinski definition) is 2. The van der Waals surface area contributed by atoms with Crippen LogP contribution in [0.2, 0.25) is 0 Å². The molecule has 0 saturated heterocycles. The summed E-state index contributed by atoms with van der Waals surface area (Å²) in [5, 5.41) is 13.2. The monoisotopic (exact) mass is 223 g/mol. The minimum Gasteiger partial charge on any atom is -0.496 e. The molecule has 0 amide bonds. The second kappa shape index (κ2) is 6.51. The molecule has 1 aromatic carbocycles. The van der Waals surface area contributed by atoms with Crippen LogP contribution in [-0.2, 0) is 6.42 Å². The van der Waals surface area contributed by atoms with Crippen LogP contribution in [0, 0.1) is 0 Å². The van der Waals surface area contributed by atoms with Crippen molar-refractivity contribution in [3.8, 4) is 5.75 Å². The summed E-state index contributed by atoms with van der Waals surface area (Å²) >= 11 is 0. The molecule has 0 heterocycles. The largest absolute Gasteiger partial charge is 0.496 e. The van der Waals surface area contributed by atoms with Crippen molar-refractivity contribution >= 4 is 0 Å². The van der Waals surface area contributed by atoms with Crippen LogP contribution in [0.5, 0.6) is 5.75 Å². The van der Waals surface area contributed by atoms with Gasteiger partial charge < -0.3 is 15.2 Å². The first-order valence-corrected chi connectivity index (χ1v) is 5.78. The van der Waals surface area contributed by atoms with Gasteiger partial charge in [0.25, 0.3) is 0 Å². The van der Waals surface area contributed by atoms with Gasteiger partial charge >= 0.3 is 0 Å². The third-order valence-corrected chi connectivity index (χ3v) is 2.65. The molecule has 1 aromatic rings. The van der Waals surface area contributed by atoms with E-state index in [9.17, 15) is 5.11 Å². The minimum atomic E-state index is -0.513. The molecule has 0 fully saturated rings. The molecule has 90 valence electrons. The molecule has 1 unspecified atom stereocenters. The van der Waals surface area contributed by atoms with Crippen molar-refractivity contribution in [2.45, 2.75) is 26.4 Å². The molecule has 1 rings (SSSR count). The van der Waals surface area contributed by atoms with Crippen LogP contribution in [0.3, 0.4) is 0 Å². The van der Waals surface area contributed by atoms with E-state index in [1.165, 1.54) is 5.56 Å². The number of nitrogens with one attached hydrogen (secondary N) is 1. The Hall–Kier alpha value is -1.06. The summed E-state index contributed by atoms with van der Waals surface area (Å²) in [5.74, 6) is 0.752. The van der Waals surface area contributed by atoms with Gasteiger partial charge in [-0.2, -0.15) is 0 Å². The fourth-order valence-electron chi connectivity index (χ4n) is 1.66. The summed E-state index contributed by atoms with van der Waals surface area (Å²) in [6.07, 6.45) is 0.451. The molecule has 0 spiro atoms. The number of aliphatic hydroxyl groups is 1. The van der Waals surface area contributed by atoms with Crippen molar-refractivity contribution in [1.82, 2.24) is 5.32 Å². The van der Waals surface area contributed by atoms with Gasteiger partial charge in [-0.15, -0.1) is 0 Å². The smallest absolute Gasteiger partial charge is 0.124 e. The van der Waals surface area contributed by atoms with Gasteiger partial charge in [0.15, 0.2) is 0 Å². The summed E-state index contributed by atoms with van der Waals surface area (Å²) in [6.45, 7) is 5.53. The number of hydrogen-bond acceptors (Lipinski definition) is 3. The molecule has 0 aliphatic heterocycles. The topological polar surface area (TPSA) is 41.5 Å². The lowest BCUT2D eigenvalue weighted by Crippen LogP contribution is -2.21. The van der Waals surface area contributed by atoms with Gasteiger partial charge in [-0.3, -0.25) is 0 Å².